The molecule has 0 spiro atoms. The molecule has 0 amide bonds. The number of hydrogen-bond acceptors (Lipinski definition) is 4. The number of rotatable bonds is 13. The van der Waals surface area contributed by atoms with E-state index in [4.69, 9.17) is 4.74 Å². The predicted molar refractivity (Wildman–Crippen MR) is 97.8 cm³/mol. The van der Waals surface area contributed by atoms with Gasteiger partial charge in [-0.1, -0.05) is 33.1 Å². The summed E-state index contributed by atoms with van der Waals surface area (Å²) in [7, 11) is -1.19. The van der Waals surface area contributed by atoms with Crippen LogP contribution >= 0.6 is 0 Å². The third-order valence-electron chi connectivity index (χ3n) is 3.58. The van der Waals surface area contributed by atoms with E-state index in [2.05, 4.69) is 29.5 Å². The Bertz CT molecular complexity index is 411. The van der Waals surface area contributed by atoms with Gasteiger partial charge in [-0.2, -0.15) is 0 Å². The number of aliphatic imine (C=N–C) groups is 1. The van der Waals surface area contributed by atoms with E-state index < -0.39 is 9.84 Å². The van der Waals surface area contributed by atoms with Crippen LogP contribution in [0.1, 0.15) is 46.0 Å². The van der Waals surface area contributed by atoms with Crippen LogP contribution in [-0.4, -0.2) is 59.7 Å². The first kappa shape index (κ1) is 22.2. The summed E-state index contributed by atoms with van der Waals surface area (Å²) in [6.45, 7) is 6.69. The lowest BCUT2D eigenvalue weighted by Gasteiger charge is -2.19. The molecular formula is C16H35N3O3S. The van der Waals surface area contributed by atoms with Crippen LogP contribution in [-0.2, 0) is 14.6 Å². The summed E-state index contributed by atoms with van der Waals surface area (Å²) in [5.41, 5.74) is 0. The van der Waals surface area contributed by atoms with Gasteiger partial charge in [-0.25, -0.2) is 8.42 Å². The van der Waals surface area contributed by atoms with Crippen LogP contribution in [0.15, 0.2) is 4.99 Å². The van der Waals surface area contributed by atoms with E-state index in [9.17, 15) is 8.42 Å². The van der Waals surface area contributed by atoms with Crippen LogP contribution in [0.25, 0.3) is 0 Å². The second-order valence-corrected chi connectivity index (χ2v) is 8.18. The highest BCUT2D eigenvalue weighted by atomic mass is 32.2. The van der Waals surface area contributed by atoms with Gasteiger partial charge in [0, 0.05) is 26.4 Å². The van der Waals surface area contributed by atoms with Gasteiger partial charge in [0.1, 0.15) is 9.84 Å². The molecule has 138 valence electrons. The first-order chi connectivity index (χ1) is 10.9. The largest absolute Gasteiger partial charge is 0.379 e. The second kappa shape index (κ2) is 13.6. The Morgan fingerprint density at radius 2 is 1.87 bits per heavy atom. The molecule has 1 unspecified atom stereocenters. The second-order valence-electron chi connectivity index (χ2n) is 5.92. The smallest absolute Gasteiger partial charge is 0.191 e. The van der Waals surface area contributed by atoms with Crippen LogP contribution in [0.3, 0.4) is 0 Å². The lowest BCUT2D eigenvalue weighted by atomic mass is 9.97. The molecule has 0 aromatic rings. The standard InChI is InChI=1S/C16H35N3O3S/c1-5-7-9-15(8-6-2)14-19-16(17-3)18-10-11-22-12-13-23(4,20)21/h15H,5-14H2,1-4H3,(H2,17,18,19). The third-order valence-corrected chi connectivity index (χ3v) is 4.49. The predicted octanol–water partition coefficient (Wildman–Crippen LogP) is 1.82. The highest BCUT2D eigenvalue weighted by molar-refractivity contribution is 7.90. The fourth-order valence-corrected chi connectivity index (χ4v) is 2.69. The molecule has 1 atom stereocenters. The van der Waals surface area contributed by atoms with Crippen molar-refractivity contribution in [3.63, 3.8) is 0 Å². The van der Waals surface area contributed by atoms with Crippen molar-refractivity contribution >= 4 is 15.8 Å². The number of ether oxygens (including phenoxy) is 1. The van der Waals surface area contributed by atoms with E-state index >= 15 is 0 Å². The SMILES string of the molecule is CCCCC(CCC)CNC(=NC)NCCOCCS(C)(=O)=O. The minimum atomic E-state index is -2.95. The number of guanidine groups is 1. The molecule has 23 heavy (non-hydrogen) atoms. The molecule has 0 rings (SSSR count). The summed E-state index contributed by atoms with van der Waals surface area (Å²) in [5, 5.41) is 6.55. The summed E-state index contributed by atoms with van der Waals surface area (Å²) in [6, 6.07) is 0. The van der Waals surface area contributed by atoms with E-state index in [1.165, 1.54) is 38.4 Å². The first-order valence-electron chi connectivity index (χ1n) is 8.62. The van der Waals surface area contributed by atoms with Crippen LogP contribution in [0.2, 0.25) is 0 Å². The minimum Gasteiger partial charge on any atom is -0.379 e. The summed E-state index contributed by atoms with van der Waals surface area (Å²) in [4.78, 5) is 4.20. The maximum atomic E-state index is 11.0. The van der Waals surface area contributed by atoms with Gasteiger partial charge in [0.25, 0.3) is 0 Å². The number of nitrogens with zero attached hydrogens (tertiary/aromatic N) is 1. The van der Waals surface area contributed by atoms with Crippen molar-refractivity contribution in [2.45, 2.75) is 46.0 Å². The van der Waals surface area contributed by atoms with Crippen molar-refractivity contribution in [2.75, 3.05) is 45.4 Å². The summed E-state index contributed by atoms with van der Waals surface area (Å²) in [6.07, 6.45) is 7.41. The van der Waals surface area contributed by atoms with Gasteiger partial charge in [-0.05, 0) is 18.8 Å². The molecule has 0 aliphatic heterocycles. The molecule has 7 heteroatoms. The molecule has 0 aromatic carbocycles. The lowest BCUT2D eigenvalue weighted by molar-refractivity contribution is 0.154. The number of hydrogen-bond donors (Lipinski definition) is 2. The van der Waals surface area contributed by atoms with Crippen molar-refractivity contribution in [2.24, 2.45) is 10.9 Å². The molecule has 0 saturated heterocycles. The molecule has 6 nitrogen and oxygen atoms in total. The molecule has 0 saturated carbocycles. The Morgan fingerprint density at radius 3 is 2.43 bits per heavy atom. The van der Waals surface area contributed by atoms with Crippen molar-refractivity contribution in [1.29, 1.82) is 0 Å². The molecule has 2 N–H and O–H groups in total. The Balaban J connectivity index is 3.88. The maximum absolute atomic E-state index is 11.0. The Hall–Kier alpha value is -0.820. The Kier molecular flexibility index (Phi) is 13.1. The van der Waals surface area contributed by atoms with Gasteiger partial charge < -0.3 is 15.4 Å². The van der Waals surface area contributed by atoms with E-state index in [0.29, 0.717) is 19.1 Å². The van der Waals surface area contributed by atoms with E-state index in [0.717, 1.165) is 12.5 Å². The van der Waals surface area contributed by atoms with Crippen LogP contribution < -0.4 is 10.6 Å². The van der Waals surface area contributed by atoms with Gasteiger partial charge >= 0.3 is 0 Å². The molecule has 0 aliphatic rings. The molecule has 0 bridgehead atoms. The summed E-state index contributed by atoms with van der Waals surface area (Å²) < 4.78 is 27.2. The fraction of sp³-hybridized carbons (Fsp3) is 0.938. The fourth-order valence-electron chi connectivity index (χ4n) is 2.27. The quantitative estimate of drug-likeness (QED) is 0.301. The zero-order chi connectivity index (χ0) is 17.6. The molecule has 0 radical (unpaired) electrons. The Labute approximate surface area is 142 Å². The zero-order valence-corrected chi connectivity index (χ0v) is 16.0. The highest BCUT2D eigenvalue weighted by Gasteiger charge is 2.08. The minimum absolute atomic E-state index is 0.0656. The molecule has 0 fully saturated rings. The van der Waals surface area contributed by atoms with Crippen molar-refractivity contribution in [3.05, 3.63) is 0 Å². The first-order valence-corrected chi connectivity index (χ1v) is 10.7. The average molecular weight is 350 g/mol. The number of sulfone groups is 1. The average Bonchev–Trinajstić information content (AvgIpc) is 2.49. The molecule has 0 aromatic heterocycles. The van der Waals surface area contributed by atoms with Gasteiger partial charge in [-0.15, -0.1) is 0 Å². The molecular weight excluding hydrogens is 314 g/mol. The van der Waals surface area contributed by atoms with E-state index in [1.54, 1.807) is 7.05 Å². The van der Waals surface area contributed by atoms with Gasteiger partial charge in [0.05, 0.1) is 19.0 Å². The number of nitrogens with one attached hydrogen (secondary N) is 2. The topological polar surface area (TPSA) is 79.8 Å². The summed E-state index contributed by atoms with van der Waals surface area (Å²) in [5.74, 6) is 1.52. The highest BCUT2D eigenvalue weighted by Crippen LogP contribution is 2.13. The zero-order valence-electron chi connectivity index (χ0n) is 15.2. The molecule has 0 heterocycles. The van der Waals surface area contributed by atoms with Crippen LogP contribution in [0.4, 0.5) is 0 Å². The molecule has 0 aliphatic carbocycles. The van der Waals surface area contributed by atoms with Crippen molar-refractivity contribution in [3.8, 4) is 0 Å². The van der Waals surface area contributed by atoms with Crippen molar-refractivity contribution < 1.29 is 13.2 Å². The summed E-state index contributed by atoms with van der Waals surface area (Å²) >= 11 is 0. The van der Waals surface area contributed by atoms with Crippen LogP contribution in [0.5, 0.6) is 0 Å². The van der Waals surface area contributed by atoms with Gasteiger partial charge in [0.15, 0.2) is 5.96 Å². The van der Waals surface area contributed by atoms with Gasteiger partial charge in [0.2, 0.25) is 0 Å². The number of unbranched alkanes of at least 4 members (excludes halogenated alkanes) is 1. The monoisotopic (exact) mass is 349 g/mol. The van der Waals surface area contributed by atoms with Crippen molar-refractivity contribution in [1.82, 2.24) is 10.6 Å². The third kappa shape index (κ3) is 14.5. The Morgan fingerprint density at radius 1 is 1.13 bits per heavy atom. The van der Waals surface area contributed by atoms with E-state index in [-0.39, 0.29) is 12.4 Å². The van der Waals surface area contributed by atoms with Crippen LogP contribution in [0, 0.1) is 5.92 Å². The van der Waals surface area contributed by atoms with E-state index in [1.807, 2.05) is 0 Å². The lowest BCUT2D eigenvalue weighted by Crippen LogP contribution is -2.41. The maximum Gasteiger partial charge on any atom is 0.191 e. The normalized spacial score (nSPS) is 13.8. The van der Waals surface area contributed by atoms with Gasteiger partial charge in [-0.3, -0.25) is 4.99 Å².